The summed E-state index contributed by atoms with van der Waals surface area (Å²) in [5, 5.41) is 23.2. The first kappa shape index (κ1) is 21.1. The van der Waals surface area contributed by atoms with Gasteiger partial charge in [0.15, 0.2) is 0 Å². The second-order valence-corrected chi connectivity index (χ2v) is 8.73. The minimum Gasteiger partial charge on any atom is -0.477 e. The number of hydrogen-bond acceptors (Lipinski definition) is 9. The molecule has 1 fully saturated rings. The van der Waals surface area contributed by atoms with Gasteiger partial charge in [-0.15, -0.1) is 16.9 Å². The first-order valence-corrected chi connectivity index (χ1v) is 11.1. The number of thioether (sulfide) groups is 2. The van der Waals surface area contributed by atoms with E-state index in [1.165, 1.54) is 45.2 Å². The molecule has 1 saturated heterocycles. The van der Waals surface area contributed by atoms with Crippen LogP contribution in [0.25, 0.3) is 0 Å². The number of rotatable bonds is 7. The van der Waals surface area contributed by atoms with Crippen molar-refractivity contribution in [1.29, 1.82) is 0 Å². The molecule has 160 valence electrons. The Labute approximate surface area is 184 Å². The molecule has 2 aliphatic rings. The lowest BCUT2D eigenvalue weighted by Crippen LogP contribution is -2.71. The normalized spacial score (nSPS) is 20.2. The predicted octanol–water partition coefficient (Wildman–Crippen LogP) is -0.0763. The first-order chi connectivity index (χ1) is 14.9. The lowest BCUT2D eigenvalue weighted by atomic mass is 10.0. The maximum Gasteiger partial charge on any atom is 0.352 e. The van der Waals surface area contributed by atoms with Crippen LogP contribution in [0.2, 0.25) is 0 Å². The minimum absolute atomic E-state index is 0.101. The highest BCUT2D eigenvalue weighted by Gasteiger charge is 2.54. The first-order valence-electron chi connectivity index (χ1n) is 9.04. The van der Waals surface area contributed by atoms with E-state index in [9.17, 15) is 24.3 Å². The van der Waals surface area contributed by atoms with Crippen molar-refractivity contribution in [3.63, 3.8) is 0 Å². The Morgan fingerprint density at radius 2 is 2.03 bits per heavy atom. The van der Waals surface area contributed by atoms with E-state index in [4.69, 9.17) is 0 Å². The third-order valence-electron chi connectivity index (χ3n) is 4.74. The highest BCUT2D eigenvalue weighted by Crippen LogP contribution is 2.41. The van der Waals surface area contributed by atoms with E-state index in [-0.39, 0.29) is 11.3 Å². The molecular formula is C18H16N6O5S2. The molecule has 11 nitrogen and oxygen atoms in total. The summed E-state index contributed by atoms with van der Waals surface area (Å²) >= 11 is 2.59. The summed E-state index contributed by atoms with van der Waals surface area (Å²) in [7, 11) is 1.67. The minimum atomic E-state index is -1.23. The summed E-state index contributed by atoms with van der Waals surface area (Å²) in [6, 6.07) is 7.04. The number of aryl methyl sites for hydroxylation is 1. The Hall–Kier alpha value is -3.19. The fourth-order valence-electron chi connectivity index (χ4n) is 3.22. The van der Waals surface area contributed by atoms with Gasteiger partial charge in [0, 0.05) is 24.1 Å². The molecule has 31 heavy (non-hydrogen) atoms. The highest BCUT2D eigenvalue weighted by atomic mass is 32.2. The van der Waals surface area contributed by atoms with Crippen LogP contribution in [-0.4, -0.2) is 76.7 Å². The number of benzene rings is 1. The lowest BCUT2D eigenvalue weighted by Gasteiger charge is -2.49. The monoisotopic (exact) mass is 460 g/mol. The molecule has 2 amide bonds. The largest absolute Gasteiger partial charge is 0.477 e. The standard InChI is InChI=1S/C18H16N6O5S2/c1-23-18(20-21-22-23)31-8-10-7-30-16-11(15(27)24(16)12(10)17(28)29)19-14(26)13(25)9-5-3-2-4-6-9/h2-6,11,16H,7-8H2,1H3,(H,19,26)(H,28,29)/t11-,16-/m1/s1. The number of nitrogens with one attached hydrogen (secondary N) is 1. The van der Waals surface area contributed by atoms with Crippen LogP contribution in [-0.2, 0) is 21.4 Å². The van der Waals surface area contributed by atoms with Crippen molar-refractivity contribution in [1.82, 2.24) is 30.4 Å². The summed E-state index contributed by atoms with van der Waals surface area (Å²) in [5.41, 5.74) is 0.667. The number of β-lactam (4-membered cyclic amide) rings is 1. The Bertz CT molecular complexity index is 1100. The van der Waals surface area contributed by atoms with Gasteiger partial charge in [0.05, 0.1) is 0 Å². The summed E-state index contributed by atoms with van der Waals surface area (Å²) in [6.45, 7) is 0. The maximum atomic E-state index is 12.7. The smallest absolute Gasteiger partial charge is 0.352 e. The van der Waals surface area contributed by atoms with Crippen molar-refractivity contribution in [3.8, 4) is 0 Å². The predicted molar refractivity (Wildman–Crippen MR) is 110 cm³/mol. The average Bonchev–Trinajstić information content (AvgIpc) is 3.19. The van der Waals surface area contributed by atoms with Gasteiger partial charge in [-0.05, 0) is 16.0 Å². The number of carboxylic acid groups (broad SMARTS) is 1. The second kappa shape index (κ2) is 8.51. The van der Waals surface area contributed by atoms with Crippen LogP contribution < -0.4 is 5.32 Å². The van der Waals surface area contributed by atoms with E-state index in [2.05, 4.69) is 20.8 Å². The van der Waals surface area contributed by atoms with Crippen LogP contribution in [0.15, 0.2) is 46.8 Å². The van der Waals surface area contributed by atoms with E-state index in [0.717, 1.165) is 0 Å². The summed E-state index contributed by atoms with van der Waals surface area (Å²) in [6.07, 6.45) is 0. The molecule has 0 spiro atoms. The molecule has 0 aliphatic carbocycles. The van der Waals surface area contributed by atoms with Gasteiger partial charge in [0.1, 0.15) is 17.1 Å². The lowest BCUT2D eigenvalue weighted by molar-refractivity contribution is -0.150. The van der Waals surface area contributed by atoms with E-state index in [1.807, 2.05) is 0 Å². The fourth-order valence-corrected chi connectivity index (χ4v) is 5.55. The van der Waals surface area contributed by atoms with Crippen molar-refractivity contribution in [2.45, 2.75) is 16.6 Å². The van der Waals surface area contributed by atoms with Crippen LogP contribution in [0.1, 0.15) is 10.4 Å². The van der Waals surface area contributed by atoms with Crippen LogP contribution in [0.3, 0.4) is 0 Å². The second-order valence-electron chi connectivity index (χ2n) is 6.69. The van der Waals surface area contributed by atoms with Crippen molar-refractivity contribution in [3.05, 3.63) is 47.2 Å². The van der Waals surface area contributed by atoms with Gasteiger partial charge < -0.3 is 10.4 Å². The van der Waals surface area contributed by atoms with Gasteiger partial charge in [0.25, 0.3) is 11.8 Å². The number of Topliss-reactive ketones (excluding diaryl/α,β-unsaturated/α-hetero) is 1. The number of fused-ring (bicyclic) bond motifs is 1. The summed E-state index contributed by atoms with van der Waals surface area (Å²) in [5.74, 6) is -2.80. The van der Waals surface area contributed by atoms with E-state index in [1.54, 1.807) is 25.2 Å². The number of amides is 2. The number of aliphatic carboxylic acids is 1. The molecule has 0 radical (unpaired) electrons. The Morgan fingerprint density at radius 1 is 1.29 bits per heavy atom. The number of hydrogen-bond donors (Lipinski definition) is 2. The van der Waals surface area contributed by atoms with Crippen LogP contribution in [0.5, 0.6) is 0 Å². The van der Waals surface area contributed by atoms with Crippen LogP contribution in [0.4, 0.5) is 0 Å². The molecule has 1 aromatic carbocycles. The molecule has 0 saturated carbocycles. The summed E-state index contributed by atoms with van der Waals surface area (Å²) in [4.78, 5) is 50.3. The van der Waals surface area contributed by atoms with Crippen LogP contribution >= 0.6 is 23.5 Å². The van der Waals surface area contributed by atoms with Crippen molar-refractivity contribution >= 4 is 47.1 Å². The fraction of sp³-hybridized carbons (Fsp3) is 0.278. The molecule has 2 aromatic rings. The summed E-state index contributed by atoms with van der Waals surface area (Å²) < 4.78 is 1.47. The third-order valence-corrected chi connectivity index (χ3v) is 7.17. The zero-order chi connectivity index (χ0) is 22.1. The number of carbonyl (C=O) groups is 4. The topological polar surface area (TPSA) is 147 Å². The molecule has 13 heteroatoms. The molecule has 0 bridgehead atoms. The van der Waals surface area contributed by atoms with E-state index < -0.39 is 35.0 Å². The quantitative estimate of drug-likeness (QED) is 0.249. The van der Waals surface area contributed by atoms with Crippen LogP contribution in [0, 0.1) is 0 Å². The number of tetrazole rings is 1. The Kier molecular flexibility index (Phi) is 5.78. The zero-order valence-corrected chi connectivity index (χ0v) is 17.7. The van der Waals surface area contributed by atoms with Gasteiger partial charge in [-0.2, -0.15) is 0 Å². The van der Waals surface area contributed by atoms with Crippen molar-refractivity contribution in [2.75, 3.05) is 11.5 Å². The van der Waals surface area contributed by atoms with Gasteiger partial charge in [-0.1, -0.05) is 42.1 Å². The Balaban J connectivity index is 1.47. The van der Waals surface area contributed by atoms with Gasteiger partial charge in [0.2, 0.25) is 10.9 Å². The number of ketones is 1. The van der Waals surface area contributed by atoms with E-state index in [0.29, 0.717) is 22.2 Å². The molecule has 2 N–H and O–H groups in total. The molecule has 0 unspecified atom stereocenters. The Morgan fingerprint density at radius 3 is 2.68 bits per heavy atom. The highest BCUT2D eigenvalue weighted by molar-refractivity contribution is 8.01. The average molecular weight is 460 g/mol. The number of carbonyl (C=O) groups excluding carboxylic acids is 3. The van der Waals surface area contributed by atoms with Crippen molar-refractivity contribution < 1.29 is 24.3 Å². The third kappa shape index (κ3) is 3.93. The molecule has 1 aromatic heterocycles. The molecule has 2 aliphatic heterocycles. The molecular weight excluding hydrogens is 444 g/mol. The van der Waals surface area contributed by atoms with Gasteiger partial charge in [-0.25, -0.2) is 9.48 Å². The number of carboxylic acids is 1. The number of nitrogens with zero attached hydrogens (tertiary/aromatic N) is 5. The van der Waals surface area contributed by atoms with Crippen molar-refractivity contribution in [2.24, 2.45) is 7.05 Å². The SMILES string of the molecule is Cn1nnnc1SCC1=C(C(=O)O)N2C(=O)[C@@H](NC(=O)C(=O)c3ccccc3)[C@H]2SC1. The molecule has 2 atom stereocenters. The maximum absolute atomic E-state index is 12.7. The molecule has 3 heterocycles. The van der Waals surface area contributed by atoms with Gasteiger partial charge in [-0.3, -0.25) is 19.3 Å². The number of aromatic nitrogens is 4. The zero-order valence-electron chi connectivity index (χ0n) is 16.1. The molecule has 4 rings (SSSR count). The van der Waals surface area contributed by atoms with Gasteiger partial charge >= 0.3 is 5.97 Å². The van der Waals surface area contributed by atoms with E-state index >= 15 is 0 Å².